The van der Waals surface area contributed by atoms with Crippen LogP contribution in [-0.4, -0.2) is 17.7 Å². The van der Waals surface area contributed by atoms with Gasteiger partial charge in [0.1, 0.15) is 5.75 Å². The van der Waals surface area contributed by atoms with Crippen molar-refractivity contribution in [2.24, 2.45) is 5.73 Å². The summed E-state index contributed by atoms with van der Waals surface area (Å²) in [5.74, 6) is -0.248. The van der Waals surface area contributed by atoms with Crippen LogP contribution in [0.15, 0.2) is 24.3 Å². The molecule has 0 unspecified atom stereocenters. The number of carbonyl (C=O) groups excluding carboxylic acids is 1. The van der Waals surface area contributed by atoms with Crippen LogP contribution in [-0.2, 0) is 9.53 Å². The van der Waals surface area contributed by atoms with Crippen LogP contribution in [0.4, 0.5) is 0 Å². The average molecular weight is 246 g/mol. The van der Waals surface area contributed by atoms with Gasteiger partial charge in [-0.05, 0) is 13.0 Å². The maximum atomic E-state index is 11.2. The molecule has 0 bridgehead atoms. The minimum absolute atomic E-state index is 0. The van der Waals surface area contributed by atoms with Crippen LogP contribution in [0.1, 0.15) is 24.9 Å². The van der Waals surface area contributed by atoms with Gasteiger partial charge in [0.05, 0.1) is 13.0 Å². The lowest BCUT2D eigenvalue weighted by molar-refractivity contribution is -0.143. The lowest BCUT2D eigenvalue weighted by Gasteiger charge is -2.12. The Bertz CT molecular complexity index is 344. The topological polar surface area (TPSA) is 72.5 Å². The van der Waals surface area contributed by atoms with Crippen molar-refractivity contribution in [3.8, 4) is 5.75 Å². The first-order valence-corrected chi connectivity index (χ1v) is 4.84. The third-order valence-electron chi connectivity index (χ3n) is 2.03. The Morgan fingerprint density at radius 1 is 1.50 bits per heavy atom. The second-order valence-electron chi connectivity index (χ2n) is 3.17. The van der Waals surface area contributed by atoms with Gasteiger partial charge < -0.3 is 15.6 Å². The predicted molar refractivity (Wildman–Crippen MR) is 63.5 cm³/mol. The Labute approximate surface area is 101 Å². The second kappa shape index (κ2) is 7.09. The van der Waals surface area contributed by atoms with Crippen molar-refractivity contribution in [1.29, 1.82) is 0 Å². The molecule has 16 heavy (non-hydrogen) atoms. The van der Waals surface area contributed by atoms with Crippen molar-refractivity contribution < 1.29 is 14.6 Å². The summed E-state index contributed by atoms with van der Waals surface area (Å²) in [6, 6.07) is 6.18. The Morgan fingerprint density at radius 3 is 2.69 bits per heavy atom. The zero-order chi connectivity index (χ0) is 11.3. The van der Waals surface area contributed by atoms with Gasteiger partial charge >= 0.3 is 5.97 Å². The lowest BCUT2D eigenvalue weighted by atomic mass is 10.0. The number of hydrogen-bond acceptors (Lipinski definition) is 4. The molecule has 1 atom stereocenters. The number of ether oxygens (including phenoxy) is 1. The van der Waals surface area contributed by atoms with E-state index in [0.717, 1.165) is 0 Å². The molecule has 0 aliphatic carbocycles. The number of hydrogen-bond donors (Lipinski definition) is 2. The Balaban J connectivity index is 0.00000225. The fraction of sp³-hybridized carbons (Fsp3) is 0.364. The molecule has 0 radical (unpaired) electrons. The number of nitrogens with two attached hydrogens (primary N) is 1. The number of carbonyl (C=O) groups is 1. The van der Waals surface area contributed by atoms with Gasteiger partial charge in [0.15, 0.2) is 0 Å². The Hall–Kier alpha value is -1.26. The van der Waals surface area contributed by atoms with E-state index in [1.807, 2.05) is 0 Å². The molecular formula is C11H16ClNO3. The van der Waals surface area contributed by atoms with E-state index in [0.29, 0.717) is 12.2 Å². The van der Waals surface area contributed by atoms with E-state index in [1.165, 1.54) is 0 Å². The van der Waals surface area contributed by atoms with Crippen molar-refractivity contribution in [3.63, 3.8) is 0 Å². The van der Waals surface area contributed by atoms with E-state index in [1.54, 1.807) is 31.2 Å². The fourth-order valence-electron chi connectivity index (χ4n) is 1.31. The molecular weight excluding hydrogens is 230 g/mol. The van der Waals surface area contributed by atoms with Gasteiger partial charge in [0.2, 0.25) is 0 Å². The first-order valence-electron chi connectivity index (χ1n) is 4.84. The molecule has 0 heterocycles. The zero-order valence-electron chi connectivity index (χ0n) is 9.05. The van der Waals surface area contributed by atoms with E-state index in [-0.39, 0.29) is 30.5 Å². The largest absolute Gasteiger partial charge is 0.508 e. The van der Waals surface area contributed by atoms with Gasteiger partial charge in [0.25, 0.3) is 0 Å². The third-order valence-corrected chi connectivity index (χ3v) is 2.03. The Morgan fingerprint density at radius 2 is 2.12 bits per heavy atom. The van der Waals surface area contributed by atoms with Gasteiger partial charge in [-0.1, -0.05) is 18.2 Å². The first kappa shape index (κ1) is 14.7. The number of esters is 1. The molecule has 90 valence electrons. The highest BCUT2D eigenvalue weighted by Gasteiger charge is 2.14. The summed E-state index contributed by atoms with van der Waals surface area (Å²) in [5, 5.41) is 9.49. The van der Waals surface area contributed by atoms with Crippen LogP contribution in [0.5, 0.6) is 5.75 Å². The molecule has 0 saturated heterocycles. The summed E-state index contributed by atoms with van der Waals surface area (Å²) in [6.45, 7) is 2.08. The van der Waals surface area contributed by atoms with E-state index in [2.05, 4.69) is 0 Å². The third kappa shape index (κ3) is 4.08. The zero-order valence-corrected chi connectivity index (χ0v) is 9.87. The summed E-state index contributed by atoms with van der Waals surface area (Å²) in [7, 11) is 0. The lowest BCUT2D eigenvalue weighted by Crippen LogP contribution is -2.17. The maximum Gasteiger partial charge on any atom is 0.307 e. The second-order valence-corrected chi connectivity index (χ2v) is 3.17. The van der Waals surface area contributed by atoms with E-state index in [4.69, 9.17) is 10.5 Å². The molecule has 1 rings (SSSR count). The van der Waals surface area contributed by atoms with Crippen LogP contribution >= 0.6 is 12.4 Å². The SMILES string of the molecule is CCOC(=O)C[C@@H](N)c1ccccc1O.Cl. The maximum absolute atomic E-state index is 11.2. The predicted octanol–water partition coefficient (Wildman–Crippen LogP) is 1.77. The molecule has 0 aliphatic rings. The summed E-state index contributed by atoms with van der Waals surface area (Å²) >= 11 is 0. The number of para-hydroxylation sites is 1. The number of phenolic OH excluding ortho intramolecular Hbond substituents is 1. The van der Waals surface area contributed by atoms with Crippen molar-refractivity contribution >= 4 is 18.4 Å². The number of aromatic hydroxyl groups is 1. The van der Waals surface area contributed by atoms with Gasteiger partial charge in [0, 0.05) is 11.6 Å². The molecule has 4 nitrogen and oxygen atoms in total. The van der Waals surface area contributed by atoms with E-state index >= 15 is 0 Å². The minimum Gasteiger partial charge on any atom is -0.508 e. The van der Waals surface area contributed by atoms with Crippen LogP contribution < -0.4 is 5.73 Å². The molecule has 1 aromatic rings. The number of phenols is 1. The van der Waals surface area contributed by atoms with Crippen LogP contribution in [0.25, 0.3) is 0 Å². The van der Waals surface area contributed by atoms with Gasteiger partial charge in [-0.3, -0.25) is 4.79 Å². The van der Waals surface area contributed by atoms with Crippen LogP contribution in [0.3, 0.4) is 0 Å². The van der Waals surface area contributed by atoms with Crippen LogP contribution in [0.2, 0.25) is 0 Å². The fourth-order valence-corrected chi connectivity index (χ4v) is 1.31. The molecule has 0 aliphatic heterocycles. The Kier molecular flexibility index (Phi) is 6.53. The molecule has 0 fully saturated rings. The molecule has 5 heteroatoms. The highest BCUT2D eigenvalue weighted by molar-refractivity contribution is 5.85. The summed E-state index contributed by atoms with van der Waals surface area (Å²) in [5.41, 5.74) is 6.33. The van der Waals surface area contributed by atoms with Crippen molar-refractivity contribution in [2.75, 3.05) is 6.61 Å². The molecule has 0 amide bonds. The summed E-state index contributed by atoms with van der Waals surface area (Å²) < 4.78 is 4.77. The van der Waals surface area contributed by atoms with Gasteiger partial charge in [-0.2, -0.15) is 0 Å². The highest BCUT2D eigenvalue weighted by atomic mass is 35.5. The monoisotopic (exact) mass is 245 g/mol. The highest BCUT2D eigenvalue weighted by Crippen LogP contribution is 2.24. The van der Waals surface area contributed by atoms with Gasteiger partial charge in [-0.15, -0.1) is 12.4 Å². The summed E-state index contributed by atoms with van der Waals surface area (Å²) in [6.07, 6.45) is 0.0748. The first-order chi connectivity index (χ1) is 7.15. The van der Waals surface area contributed by atoms with E-state index < -0.39 is 6.04 Å². The molecule has 0 saturated carbocycles. The quantitative estimate of drug-likeness (QED) is 0.793. The number of rotatable bonds is 4. The number of benzene rings is 1. The minimum atomic E-state index is -0.523. The number of halogens is 1. The molecule has 3 N–H and O–H groups in total. The molecule has 0 spiro atoms. The normalized spacial score (nSPS) is 11.4. The smallest absolute Gasteiger partial charge is 0.307 e. The summed E-state index contributed by atoms with van der Waals surface area (Å²) in [4.78, 5) is 11.2. The van der Waals surface area contributed by atoms with Crippen molar-refractivity contribution in [2.45, 2.75) is 19.4 Å². The average Bonchev–Trinajstić information content (AvgIpc) is 2.18. The van der Waals surface area contributed by atoms with Crippen molar-refractivity contribution in [1.82, 2.24) is 0 Å². The van der Waals surface area contributed by atoms with Gasteiger partial charge in [-0.25, -0.2) is 0 Å². The standard InChI is InChI=1S/C11H15NO3.ClH/c1-2-15-11(14)7-9(12)8-5-3-4-6-10(8)13;/h3-6,9,13H,2,7,12H2,1H3;1H/t9-;/m1./s1. The van der Waals surface area contributed by atoms with Crippen LogP contribution in [0, 0.1) is 0 Å². The van der Waals surface area contributed by atoms with E-state index in [9.17, 15) is 9.90 Å². The van der Waals surface area contributed by atoms with Crippen molar-refractivity contribution in [3.05, 3.63) is 29.8 Å². The molecule has 0 aromatic heterocycles. The molecule has 1 aromatic carbocycles.